The van der Waals surface area contributed by atoms with Gasteiger partial charge in [0.1, 0.15) is 5.82 Å². The van der Waals surface area contributed by atoms with Crippen molar-refractivity contribution in [3.63, 3.8) is 0 Å². The summed E-state index contributed by atoms with van der Waals surface area (Å²) < 4.78 is 131. The van der Waals surface area contributed by atoms with Gasteiger partial charge >= 0.3 is 18.5 Å². The SMILES string of the molecule is Fc1cc(C(F)(F)F)cc(C(F)(F)F)c1[C@@H](CC(F)(F)F)N1CCNCC1. The minimum Gasteiger partial charge on any atom is -0.314 e. The van der Waals surface area contributed by atoms with E-state index < -0.39 is 53.5 Å². The second-order valence-corrected chi connectivity index (χ2v) is 6.04. The number of piperazine rings is 1. The van der Waals surface area contributed by atoms with E-state index in [4.69, 9.17) is 0 Å². The second-order valence-electron chi connectivity index (χ2n) is 6.04. The molecule has 2 nitrogen and oxygen atoms in total. The van der Waals surface area contributed by atoms with Crippen molar-refractivity contribution < 1.29 is 43.9 Å². The molecule has 1 aromatic rings. The highest BCUT2D eigenvalue weighted by molar-refractivity contribution is 5.39. The number of nitrogens with one attached hydrogen (secondary N) is 1. The van der Waals surface area contributed by atoms with Gasteiger partial charge in [0.05, 0.1) is 17.5 Å². The molecule has 0 unspecified atom stereocenters. The Kier molecular flexibility index (Phi) is 6.00. The van der Waals surface area contributed by atoms with Crippen LogP contribution >= 0.6 is 0 Å². The van der Waals surface area contributed by atoms with Crippen molar-refractivity contribution in [1.29, 1.82) is 0 Å². The summed E-state index contributed by atoms with van der Waals surface area (Å²) >= 11 is 0. The van der Waals surface area contributed by atoms with Crippen molar-refractivity contribution in [2.45, 2.75) is 31.0 Å². The summed E-state index contributed by atoms with van der Waals surface area (Å²) in [5, 5.41) is 2.78. The van der Waals surface area contributed by atoms with Gasteiger partial charge in [0.25, 0.3) is 0 Å². The fourth-order valence-electron chi connectivity index (χ4n) is 2.98. The van der Waals surface area contributed by atoms with Crippen molar-refractivity contribution in [3.05, 3.63) is 34.6 Å². The minimum absolute atomic E-state index is 0.113. The quantitative estimate of drug-likeness (QED) is 0.721. The molecule has 0 aliphatic carbocycles. The van der Waals surface area contributed by atoms with Gasteiger partial charge in [-0.1, -0.05) is 0 Å². The summed E-state index contributed by atoms with van der Waals surface area (Å²) in [6, 6.07) is -2.63. The van der Waals surface area contributed by atoms with Crippen LogP contribution in [0, 0.1) is 5.82 Å². The smallest absolute Gasteiger partial charge is 0.314 e. The highest BCUT2D eigenvalue weighted by Gasteiger charge is 2.45. The van der Waals surface area contributed by atoms with Crippen LogP contribution in [-0.4, -0.2) is 37.3 Å². The standard InChI is InChI=1S/C15H14F10N2/c16-10-6-8(14(20,21)22)5-9(15(23,24)25)12(10)11(7-13(17,18)19)27-3-1-26-2-4-27/h5-6,11,26H,1-4,7H2/t11-/m1/s1. The van der Waals surface area contributed by atoms with E-state index in [1.54, 1.807) is 0 Å². The number of nitrogens with zero attached hydrogens (tertiary/aromatic N) is 1. The minimum atomic E-state index is -5.46. The third-order valence-electron chi connectivity index (χ3n) is 4.11. The van der Waals surface area contributed by atoms with Gasteiger partial charge in [-0.3, -0.25) is 4.90 Å². The summed E-state index contributed by atoms with van der Waals surface area (Å²) in [6.45, 7) is 0.0763. The fourth-order valence-corrected chi connectivity index (χ4v) is 2.98. The lowest BCUT2D eigenvalue weighted by atomic mass is 9.92. The molecule has 1 aromatic carbocycles. The van der Waals surface area contributed by atoms with Gasteiger partial charge in [-0.05, 0) is 12.1 Å². The van der Waals surface area contributed by atoms with Crippen LogP contribution < -0.4 is 5.32 Å². The zero-order valence-corrected chi connectivity index (χ0v) is 13.5. The third kappa shape index (κ3) is 5.47. The molecule has 27 heavy (non-hydrogen) atoms. The maximum atomic E-state index is 14.3. The number of halogens is 10. The fraction of sp³-hybridized carbons (Fsp3) is 0.600. The van der Waals surface area contributed by atoms with Gasteiger partial charge in [-0.15, -0.1) is 0 Å². The molecule has 0 aromatic heterocycles. The topological polar surface area (TPSA) is 15.3 Å². The molecule has 0 bridgehead atoms. The normalized spacial score (nSPS) is 18.6. The molecule has 154 valence electrons. The van der Waals surface area contributed by atoms with Gasteiger partial charge in [0.15, 0.2) is 0 Å². The largest absolute Gasteiger partial charge is 0.416 e. The third-order valence-corrected chi connectivity index (χ3v) is 4.11. The molecule has 0 spiro atoms. The summed E-state index contributed by atoms with van der Waals surface area (Å²) in [5.74, 6) is -1.97. The van der Waals surface area contributed by atoms with E-state index in [1.165, 1.54) is 0 Å². The summed E-state index contributed by atoms with van der Waals surface area (Å²) in [7, 11) is 0. The van der Waals surface area contributed by atoms with Gasteiger partial charge < -0.3 is 5.32 Å². The summed E-state index contributed by atoms with van der Waals surface area (Å²) in [5.41, 5.74) is -5.39. The van der Waals surface area contributed by atoms with Crippen LogP contribution in [0.25, 0.3) is 0 Å². The molecule has 0 saturated carbocycles. The van der Waals surface area contributed by atoms with E-state index in [1.807, 2.05) is 0 Å². The molecule has 12 heteroatoms. The molecule has 1 heterocycles. The predicted octanol–water partition coefficient (Wildman–Crippen LogP) is 4.76. The van der Waals surface area contributed by atoms with Crippen LogP contribution in [-0.2, 0) is 12.4 Å². The van der Waals surface area contributed by atoms with E-state index >= 15 is 0 Å². The first kappa shape index (κ1) is 21.7. The molecule has 0 radical (unpaired) electrons. The Morgan fingerprint density at radius 3 is 1.89 bits per heavy atom. The molecule has 2 rings (SSSR count). The highest BCUT2D eigenvalue weighted by Crippen LogP contribution is 2.44. The molecular weight excluding hydrogens is 398 g/mol. The zero-order chi connectivity index (χ0) is 20.6. The average molecular weight is 412 g/mol. The Morgan fingerprint density at radius 2 is 1.44 bits per heavy atom. The zero-order valence-electron chi connectivity index (χ0n) is 13.5. The lowest BCUT2D eigenvalue weighted by Gasteiger charge is -2.37. The molecule has 0 amide bonds. The summed E-state index contributed by atoms with van der Waals surface area (Å²) in [4.78, 5) is 0.991. The van der Waals surface area contributed by atoms with E-state index in [2.05, 4.69) is 5.32 Å². The van der Waals surface area contributed by atoms with Crippen molar-refractivity contribution in [2.75, 3.05) is 26.2 Å². The Morgan fingerprint density at radius 1 is 0.889 bits per heavy atom. The summed E-state index contributed by atoms with van der Waals surface area (Å²) in [6.07, 6.45) is -17.5. The maximum Gasteiger partial charge on any atom is 0.416 e. The second kappa shape index (κ2) is 7.46. The van der Waals surface area contributed by atoms with E-state index in [-0.39, 0.29) is 38.3 Å². The molecule has 1 aliphatic heterocycles. The van der Waals surface area contributed by atoms with Gasteiger partial charge in [0.2, 0.25) is 0 Å². The predicted molar refractivity (Wildman–Crippen MR) is 74.3 cm³/mol. The van der Waals surface area contributed by atoms with Crippen LogP contribution in [0.15, 0.2) is 12.1 Å². The number of alkyl halides is 9. The van der Waals surface area contributed by atoms with E-state index in [0.29, 0.717) is 0 Å². The van der Waals surface area contributed by atoms with Gasteiger partial charge in [-0.2, -0.15) is 39.5 Å². The maximum absolute atomic E-state index is 14.3. The first-order valence-electron chi connectivity index (χ1n) is 7.69. The molecule has 1 saturated heterocycles. The Bertz CT molecular complexity index is 656. The van der Waals surface area contributed by atoms with Gasteiger partial charge in [0, 0.05) is 37.8 Å². The molecule has 1 N–H and O–H groups in total. The first-order valence-corrected chi connectivity index (χ1v) is 7.69. The van der Waals surface area contributed by atoms with Crippen molar-refractivity contribution in [3.8, 4) is 0 Å². The Balaban J connectivity index is 2.65. The van der Waals surface area contributed by atoms with Crippen LogP contribution in [0.3, 0.4) is 0 Å². The van der Waals surface area contributed by atoms with Crippen LogP contribution in [0.2, 0.25) is 0 Å². The van der Waals surface area contributed by atoms with Crippen LogP contribution in [0.1, 0.15) is 29.2 Å². The Labute approximate surface area is 147 Å². The number of benzene rings is 1. The monoisotopic (exact) mass is 412 g/mol. The Hall–Kier alpha value is -1.56. The molecule has 1 aliphatic rings. The highest BCUT2D eigenvalue weighted by atomic mass is 19.4. The first-order chi connectivity index (χ1) is 12.2. The number of hydrogen-bond donors (Lipinski definition) is 1. The molecule has 1 atom stereocenters. The molecule has 1 fully saturated rings. The van der Waals surface area contributed by atoms with Crippen molar-refractivity contribution >= 4 is 0 Å². The van der Waals surface area contributed by atoms with Crippen molar-refractivity contribution in [2.24, 2.45) is 0 Å². The van der Waals surface area contributed by atoms with E-state index in [0.717, 1.165) is 4.90 Å². The van der Waals surface area contributed by atoms with Crippen LogP contribution in [0.4, 0.5) is 43.9 Å². The van der Waals surface area contributed by atoms with Crippen molar-refractivity contribution in [1.82, 2.24) is 10.2 Å². The lowest BCUT2D eigenvalue weighted by Crippen LogP contribution is -2.46. The average Bonchev–Trinajstić information content (AvgIpc) is 2.50. The number of hydrogen-bond acceptors (Lipinski definition) is 2. The molecular formula is C15H14F10N2. The van der Waals surface area contributed by atoms with Gasteiger partial charge in [-0.25, -0.2) is 4.39 Å². The van der Waals surface area contributed by atoms with Crippen LogP contribution in [0.5, 0.6) is 0 Å². The lowest BCUT2D eigenvalue weighted by molar-refractivity contribution is -0.154. The number of rotatable bonds is 3. The van der Waals surface area contributed by atoms with E-state index in [9.17, 15) is 43.9 Å².